The number of hydrogen-bond acceptors (Lipinski definition) is 3. The van der Waals surface area contributed by atoms with Gasteiger partial charge in [0.15, 0.2) is 0 Å². The molecule has 0 aliphatic carbocycles. The smallest absolute Gasteiger partial charge is 0.149 e. The normalized spacial score (nSPS) is 13.0. The van der Waals surface area contributed by atoms with Crippen LogP contribution in [0.1, 0.15) is 18.1 Å². The molecule has 0 amide bonds. The molecule has 2 aromatic rings. The van der Waals surface area contributed by atoms with Crippen molar-refractivity contribution in [3.05, 3.63) is 95.6 Å². The molecule has 0 heterocycles. The van der Waals surface area contributed by atoms with E-state index in [9.17, 15) is 4.79 Å². The maximum atomic E-state index is 11.2. The molecule has 0 aliphatic rings. The zero-order valence-electron chi connectivity index (χ0n) is 15.2. The number of benzene rings is 2. The Morgan fingerprint density at radius 2 is 1.65 bits per heavy atom. The van der Waals surface area contributed by atoms with Crippen LogP contribution >= 0.6 is 0 Å². The molecule has 26 heavy (non-hydrogen) atoms. The molecule has 0 aromatic heterocycles. The fourth-order valence-electron chi connectivity index (χ4n) is 2.46. The van der Waals surface area contributed by atoms with Crippen LogP contribution in [0.2, 0.25) is 0 Å². The van der Waals surface area contributed by atoms with Crippen LogP contribution in [0.4, 0.5) is 0 Å². The van der Waals surface area contributed by atoms with E-state index in [0.717, 1.165) is 18.3 Å². The minimum Gasteiger partial charge on any atom is -0.374 e. The molecule has 0 fully saturated rings. The Morgan fingerprint density at radius 3 is 2.31 bits per heavy atom. The lowest BCUT2D eigenvalue weighted by atomic mass is 10.1. The third kappa shape index (κ3) is 8.06. The number of rotatable bonds is 11. The summed E-state index contributed by atoms with van der Waals surface area (Å²) in [5.41, 5.74) is 2.97. The minimum atomic E-state index is -0.117. The molecule has 3 heteroatoms. The van der Waals surface area contributed by atoms with Gasteiger partial charge in [-0.3, -0.25) is 4.79 Å². The van der Waals surface area contributed by atoms with Gasteiger partial charge in [0.25, 0.3) is 0 Å². The van der Waals surface area contributed by atoms with E-state index < -0.39 is 0 Å². The Hall–Kier alpha value is -2.49. The van der Waals surface area contributed by atoms with Gasteiger partial charge in [0, 0.05) is 5.57 Å². The van der Waals surface area contributed by atoms with E-state index >= 15 is 0 Å². The predicted molar refractivity (Wildman–Crippen MR) is 105 cm³/mol. The molecule has 1 unspecified atom stereocenters. The molecule has 1 atom stereocenters. The van der Waals surface area contributed by atoms with Gasteiger partial charge >= 0.3 is 0 Å². The fourth-order valence-corrected chi connectivity index (χ4v) is 2.46. The van der Waals surface area contributed by atoms with E-state index in [1.807, 2.05) is 67.6 Å². The highest BCUT2D eigenvalue weighted by molar-refractivity contribution is 5.77. The van der Waals surface area contributed by atoms with Gasteiger partial charge in [0.2, 0.25) is 0 Å². The van der Waals surface area contributed by atoms with Crippen molar-refractivity contribution in [1.82, 2.24) is 0 Å². The summed E-state index contributed by atoms with van der Waals surface area (Å²) in [5, 5.41) is 0. The second-order valence-corrected chi connectivity index (χ2v) is 6.00. The summed E-state index contributed by atoms with van der Waals surface area (Å²) in [7, 11) is 0. The molecule has 0 saturated carbocycles. The average molecular weight is 350 g/mol. The van der Waals surface area contributed by atoms with Crippen molar-refractivity contribution < 1.29 is 14.3 Å². The quantitative estimate of drug-likeness (QED) is 0.258. The zero-order chi connectivity index (χ0) is 18.5. The summed E-state index contributed by atoms with van der Waals surface area (Å²) in [6, 6.07) is 20.2. The Labute approximate surface area is 156 Å². The molecule has 0 aliphatic heterocycles. The van der Waals surface area contributed by atoms with E-state index in [1.165, 1.54) is 5.56 Å². The van der Waals surface area contributed by atoms with Crippen molar-refractivity contribution in [3.8, 4) is 0 Å². The van der Waals surface area contributed by atoms with Crippen molar-refractivity contribution in [2.75, 3.05) is 13.2 Å². The van der Waals surface area contributed by atoms with Gasteiger partial charge in [-0.15, -0.1) is 0 Å². The second kappa shape index (κ2) is 12.0. The van der Waals surface area contributed by atoms with Gasteiger partial charge in [-0.2, -0.15) is 0 Å². The molecule has 0 bridgehead atoms. The summed E-state index contributed by atoms with van der Waals surface area (Å²) in [6.45, 7) is 3.58. The van der Waals surface area contributed by atoms with Crippen LogP contribution in [-0.4, -0.2) is 25.6 Å². The zero-order valence-corrected chi connectivity index (χ0v) is 15.2. The van der Waals surface area contributed by atoms with Gasteiger partial charge in [0.1, 0.15) is 6.29 Å². The fraction of sp³-hybridized carbons (Fsp3) is 0.261. The van der Waals surface area contributed by atoms with Gasteiger partial charge in [0.05, 0.1) is 25.9 Å². The molecule has 0 saturated heterocycles. The Bertz CT molecular complexity index is 690. The molecule has 0 spiro atoms. The van der Waals surface area contributed by atoms with Gasteiger partial charge in [-0.25, -0.2) is 0 Å². The van der Waals surface area contributed by atoms with E-state index in [2.05, 4.69) is 12.1 Å². The molecule has 2 aromatic carbocycles. The van der Waals surface area contributed by atoms with Gasteiger partial charge in [-0.05, 0) is 30.5 Å². The summed E-state index contributed by atoms with van der Waals surface area (Å²) in [5.74, 6) is 0. The maximum absolute atomic E-state index is 11.2. The van der Waals surface area contributed by atoms with Crippen molar-refractivity contribution >= 4 is 6.29 Å². The number of aldehydes is 1. The monoisotopic (exact) mass is 350 g/mol. The number of hydrogen-bond donors (Lipinski definition) is 0. The van der Waals surface area contributed by atoms with Crippen LogP contribution in [-0.2, 0) is 27.3 Å². The molecule has 0 N–H and O–H groups in total. The summed E-state index contributed by atoms with van der Waals surface area (Å²) < 4.78 is 11.3. The Balaban J connectivity index is 1.69. The lowest BCUT2D eigenvalue weighted by Gasteiger charge is -2.09. The summed E-state index contributed by atoms with van der Waals surface area (Å²) >= 11 is 0. The van der Waals surface area contributed by atoms with E-state index in [0.29, 0.717) is 25.4 Å². The third-order valence-corrected chi connectivity index (χ3v) is 3.81. The number of carbonyl (C=O) groups excluding carboxylic acids is 1. The Kier molecular flexibility index (Phi) is 9.12. The highest BCUT2D eigenvalue weighted by Gasteiger charge is 2.00. The lowest BCUT2D eigenvalue weighted by molar-refractivity contribution is -0.104. The van der Waals surface area contributed by atoms with Gasteiger partial charge in [-0.1, -0.05) is 72.8 Å². The SMILES string of the molecule is CC(/C=C(C=O)\C=C/COCc1ccccc1)OCCc1ccccc1. The molecule has 0 radical (unpaired) electrons. The Morgan fingerprint density at radius 1 is 1.00 bits per heavy atom. The minimum absolute atomic E-state index is 0.117. The highest BCUT2D eigenvalue weighted by atomic mass is 16.5. The van der Waals surface area contributed by atoms with Crippen LogP contribution in [0.5, 0.6) is 0 Å². The molecular formula is C23H26O3. The first-order valence-corrected chi connectivity index (χ1v) is 8.88. The van der Waals surface area contributed by atoms with Crippen LogP contribution in [0.3, 0.4) is 0 Å². The maximum Gasteiger partial charge on any atom is 0.149 e. The lowest BCUT2D eigenvalue weighted by Crippen LogP contribution is -2.09. The third-order valence-electron chi connectivity index (χ3n) is 3.81. The number of carbonyl (C=O) groups is 1. The van der Waals surface area contributed by atoms with E-state index in [1.54, 1.807) is 6.08 Å². The van der Waals surface area contributed by atoms with Crippen LogP contribution < -0.4 is 0 Å². The van der Waals surface area contributed by atoms with E-state index in [4.69, 9.17) is 9.47 Å². The predicted octanol–water partition coefficient (Wildman–Crippen LogP) is 4.53. The first kappa shape index (κ1) is 19.8. The molecule has 136 valence electrons. The van der Waals surface area contributed by atoms with E-state index in [-0.39, 0.29) is 6.10 Å². The van der Waals surface area contributed by atoms with Crippen molar-refractivity contribution in [3.63, 3.8) is 0 Å². The van der Waals surface area contributed by atoms with Crippen molar-refractivity contribution in [2.24, 2.45) is 0 Å². The van der Waals surface area contributed by atoms with Crippen LogP contribution in [0.25, 0.3) is 0 Å². The number of ether oxygens (including phenoxy) is 2. The van der Waals surface area contributed by atoms with Gasteiger partial charge < -0.3 is 9.47 Å². The average Bonchev–Trinajstić information content (AvgIpc) is 2.68. The summed E-state index contributed by atoms with van der Waals surface area (Å²) in [4.78, 5) is 11.2. The molecule has 2 rings (SSSR count). The first-order valence-electron chi connectivity index (χ1n) is 8.88. The largest absolute Gasteiger partial charge is 0.374 e. The van der Waals surface area contributed by atoms with Crippen molar-refractivity contribution in [2.45, 2.75) is 26.1 Å². The number of allylic oxidation sites excluding steroid dienone is 2. The molecular weight excluding hydrogens is 324 g/mol. The topological polar surface area (TPSA) is 35.5 Å². The van der Waals surface area contributed by atoms with Crippen molar-refractivity contribution in [1.29, 1.82) is 0 Å². The first-order chi connectivity index (χ1) is 12.8. The van der Waals surface area contributed by atoms with Crippen LogP contribution in [0.15, 0.2) is 84.5 Å². The van der Waals surface area contributed by atoms with Crippen LogP contribution in [0, 0.1) is 0 Å². The summed E-state index contributed by atoms with van der Waals surface area (Å²) in [6.07, 6.45) is 7.03. The highest BCUT2D eigenvalue weighted by Crippen LogP contribution is 2.05. The molecule has 3 nitrogen and oxygen atoms in total. The standard InChI is InChI=1S/C23H26O3/c1-20(26-16-14-21-9-4-2-5-10-21)17-23(18-24)13-8-15-25-19-22-11-6-3-7-12-22/h2-13,17-18,20H,14-16,19H2,1H3/b13-8-,23-17+. The second-order valence-electron chi connectivity index (χ2n) is 6.00.